The second-order valence-corrected chi connectivity index (χ2v) is 5.54. The molecule has 1 unspecified atom stereocenters. The summed E-state index contributed by atoms with van der Waals surface area (Å²) in [6, 6.07) is 8.07. The van der Waals surface area contributed by atoms with E-state index >= 15 is 0 Å². The summed E-state index contributed by atoms with van der Waals surface area (Å²) in [7, 11) is 0. The van der Waals surface area contributed by atoms with Gasteiger partial charge in [-0.15, -0.1) is 0 Å². The minimum absolute atomic E-state index is 0.0945. The third kappa shape index (κ3) is 2.15. The molecular weight excluding hydrogens is 224 g/mol. The summed E-state index contributed by atoms with van der Waals surface area (Å²) in [5, 5.41) is 3.08. The normalized spacial score (nSPS) is 30.2. The van der Waals surface area contributed by atoms with Gasteiger partial charge in [-0.25, -0.2) is 0 Å². The number of fused-ring (bicyclic) bond motifs is 3. The van der Waals surface area contributed by atoms with Gasteiger partial charge < -0.3 is 5.32 Å². The van der Waals surface area contributed by atoms with Crippen molar-refractivity contribution in [3.8, 4) is 0 Å². The molecule has 1 amide bonds. The summed E-state index contributed by atoms with van der Waals surface area (Å²) in [6.45, 7) is 4.22. The Labute approximate surface area is 108 Å². The van der Waals surface area contributed by atoms with Gasteiger partial charge in [-0.05, 0) is 56.8 Å². The number of hydrogen-bond acceptors (Lipinski definition) is 2. The third-order valence-corrected chi connectivity index (χ3v) is 4.35. The number of benzene rings is 1. The predicted molar refractivity (Wildman–Crippen MR) is 72.5 cm³/mol. The molecule has 3 heteroatoms. The highest BCUT2D eigenvalue weighted by Crippen LogP contribution is 2.32. The van der Waals surface area contributed by atoms with Crippen molar-refractivity contribution < 1.29 is 4.79 Å². The molecule has 96 valence electrons. The fraction of sp³-hybridized carbons (Fsp3) is 0.533. The summed E-state index contributed by atoms with van der Waals surface area (Å²) < 4.78 is 0. The average molecular weight is 244 g/mol. The van der Waals surface area contributed by atoms with Gasteiger partial charge in [-0.1, -0.05) is 18.2 Å². The zero-order valence-electron chi connectivity index (χ0n) is 10.9. The van der Waals surface area contributed by atoms with Gasteiger partial charge in [0.2, 0.25) is 5.91 Å². The molecule has 1 aromatic rings. The molecule has 3 aliphatic rings. The van der Waals surface area contributed by atoms with Crippen LogP contribution in [0.25, 0.3) is 0 Å². The Balaban J connectivity index is 1.70. The van der Waals surface area contributed by atoms with E-state index in [1.54, 1.807) is 0 Å². The lowest BCUT2D eigenvalue weighted by Gasteiger charge is -2.44. The number of para-hydroxylation sites is 1. The first kappa shape index (κ1) is 11.7. The van der Waals surface area contributed by atoms with E-state index in [1.807, 2.05) is 31.2 Å². The lowest BCUT2D eigenvalue weighted by molar-refractivity contribution is -0.125. The van der Waals surface area contributed by atoms with Crippen LogP contribution in [-0.4, -0.2) is 29.9 Å². The first-order valence-corrected chi connectivity index (χ1v) is 6.84. The Morgan fingerprint density at radius 1 is 1.28 bits per heavy atom. The average Bonchev–Trinajstić information content (AvgIpc) is 2.42. The van der Waals surface area contributed by atoms with Crippen LogP contribution in [0.2, 0.25) is 0 Å². The number of rotatable bonds is 2. The van der Waals surface area contributed by atoms with Crippen LogP contribution in [0.4, 0.5) is 5.69 Å². The highest BCUT2D eigenvalue weighted by atomic mass is 16.2. The minimum atomic E-state index is 0.0945. The Bertz CT molecular complexity index is 450. The van der Waals surface area contributed by atoms with E-state index in [0.717, 1.165) is 36.7 Å². The van der Waals surface area contributed by atoms with Crippen LogP contribution in [0.3, 0.4) is 0 Å². The van der Waals surface area contributed by atoms with Crippen LogP contribution in [0, 0.1) is 12.8 Å². The van der Waals surface area contributed by atoms with Crippen molar-refractivity contribution in [2.24, 2.45) is 5.92 Å². The van der Waals surface area contributed by atoms with Crippen LogP contribution in [-0.2, 0) is 4.79 Å². The van der Waals surface area contributed by atoms with Gasteiger partial charge in [0.05, 0.1) is 6.04 Å². The lowest BCUT2D eigenvalue weighted by atomic mass is 9.83. The van der Waals surface area contributed by atoms with Crippen molar-refractivity contribution in [1.82, 2.24) is 4.90 Å². The van der Waals surface area contributed by atoms with E-state index in [-0.39, 0.29) is 11.9 Å². The van der Waals surface area contributed by atoms with Crippen LogP contribution < -0.4 is 5.32 Å². The number of nitrogens with zero attached hydrogens (tertiary/aromatic N) is 1. The molecule has 3 fully saturated rings. The van der Waals surface area contributed by atoms with Crippen molar-refractivity contribution in [2.75, 3.05) is 18.4 Å². The third-order valence-electron chi connectivity index (χ3n) is 4.35. The molecular formula is C15H20N2O. The van der Waals surface area contributed by atoms with Gasteiger partial charge in [-0.2, -0.15) is 0 Å². The molecule has 1 N–H and O–H groups in total. The van der Waals surface area contributed by atoms with Gasteiger partial charge >= 0.3 is 0 Å². The second kappa shape index (κ2) is 4.73. The molecule has 3 heterocycles. The van der Waals surface area contributed by atoms with Crippen molar-refractivity contribution in [2.45, 2.75) is 32.2 Å². The Morgan fingerprint density at radius 2 is 2.00 bits per heavy atom. The maximum absolute atomic E-state index is 12.4. The molecule has 0 aliphatic carbocycles. The van der Waals surface area contributed by atoms with E-state index in [9.17, 15) is 4.79 Å². The monoisotopic (exact) mass is 244 g/mol. The molecule has 3 saturated heterocycles. The summed E-state index contributed by atoms with van der Waals surface area (Å²) in [5.74, 6) is 0.941. The first-order valence-electron chi connectivity index (χ1n) is 6.84. The largest absolute Gasteiger partial charge is 0.324 e. The van der Waals surface area contributed by atoms with Gasteiger partial charge in [0.1, 0.15) is 0 Å². The highest BCUT2D eigenvalue weighted by Gasteiger charge is 2.37. The fourth-order valence-corrected chi connectivity index (χ4v) is 3.17. The molecule has 3 aliphatic heterocycles. The number of aryl methyl sites for hydroxylation is 1. The SMILES string of the molecule is Cc1ccccc1NC(=O)C1CC2CCN1CC2. The lowest BCUT2D eigenvalue weighted by Crippen LogP contribution is -2.53. The van der Waals surface area contributed by atoms with E-state index in [2.05, 4.69) is 10.2 Å². The van der Waals surface area contributed by atoms with Gasteiger partial charge in [0.15, 0.2) is 0 Å². The number of amides is 1. The first-order chi connectivity index (χ1) is 8.74. The number of carbonyl (C=O) groups excluding carboxylic acids is 1. The quantitative estimate of drug-likeness (QED) is 0.866. The van der Waals surface area contributed by atoms with Crippen LogP contribution in [0.1, 0.15) is 24.8 Å². The van der Waals surface area contributed by atoms with E-state index in [0.29, 0.717) is 0 Å². The molecule has 1 atom stereocenters. The Kier molecular flexibility index (Phi) is 3.08. The molecule has 2 bridgehead atoms. The minimum Gasteiger partial charge on any atom is -0.324 e. The zero-order valence-corrected chi connectivity index (χ0v) is 10.9. The van der Waals surface area contributed by atoms with Crippen molar-refractivity contribution in [3.63, 3.8) is 0 Å². The molecule has 0 saturated carbocycles. The van der Waals surface area contributed by atoms with Crippen molar-refractivity contribution in [3.05, 3.63) is 29.8 Å². The molecule has 4 rings (SSSR count). The van der Waals surface area contributed by atoms with Gasteiger partial charge in [0, 0.05) is 5.69 Å². The summed E-state index contributed by atoms with van der Waals surface area (Å²) >= 11 is 0. The molecule has 18 heavy (non-hydrogen) atoms. The Hall–Kier alpha value is -1.35. The van der Waals surface area contributed by atoms with E-state index < -0.39 is 0 Å². The molecule has 3 nitrogen and oxygen atoms in total. The predicted octanol–water partition coefficient (Wildman–Crippen LogP) is 2.42. The number of anilines is 1. The second-order valence-electron chi connectivity index (χ2n) is 5.54. The number of carbonyl (C=O) groups is 1. The number of nitrogens with one attached hydrogen (secondary N) is 1. The molecule has 0 aromatic heterocycles. The maximum Gasteiger partial charge on any atom is 0.241 e. The van der Waals surface area contributed by atoms with Crippen molar-refractivity contribution in [1.29, 1.82) is 0 Å². The van der Waals surface area contributed by atoms with Crippen LogP contribution >= 0.6 is 0 Å². The van der Waals surface area contributed by atoms with Crippen LogP contribution in [0.15, 0.2) is 24.3 Å². The smallest absolute Gasteiger partial charge is 0.241 e. The molecule has 1 aromatic carbocycles. The summed E-state index contributed by atoms with van der Waals surface area (Å²) in [5.41, 5.74) is 2.08. The van der Waals surface area contributed by atoms with E-state index in [4.69, 9.17) is 0 Å². The number of hydrogen-bond donors (Lipinski definition) is 1. The van der Waals surface area contributed by atoms with Gasteiger partial charge in [-0.3, -0.25) is 9.69 Å². The highest BCUT2D eigenvalue weighted by molar-refractivity contribution is 5.95. The summed E-state index contributed by atoms with van der Waals surface area (Å²) in [6.07, 6.45) is 3.58. The van der Waals surface area contributed by atoms with Crippen LogP contribution in [0.5, 0.6) is 0 Å². The van der Waals surface area contributed by atoms with Gasteiger partial charge in [0.25, 0.3) is 0 Å². The molecule has 0 spiro atoms. The zero-order chi connectivity index (χ0) is 12.5. The maximum atomic E-state index is 12.4. The number of piperidine rings is 3. The Morgan fingerprint density at radius 3 is 2.61 bits per heavy atom. The molecule has 0 radical (unpaired) electrons. The van der Waals surface area contributed by atoms with E-state index in [1.165, 1.54) is 12.8 Å². The topological polar surface area (TPSA) is 32.3 Å². The van der Waals surface area contributed by atoms with Crippen molar-refractivity contribution >= 4 is 11.6 Å². The standard InChI is InChI=1S/C15H20N2O/c1-11-4-2-3-5-13(11)16-15(18)14-10-12-6-8-17(14)9-7-12/h2-5,12,14H,6-10H2,1H3,(H,16,18). The summed E-state index contributed by atoms with van der Waals surface area (Å²) in [4.78, 5) is 14.7. The fourth-order valence-electron chi connectivity index (χ4n) is 3.17.